The molecule has 8 heteroatoms. The van der Waals surface area contributed by atoms with Crippen LogP contribution in [0.2, 0.25) is 0 Å². The Morgan fingerprint density at radius 2 is 1.75 bits per heavy atom. The second-order valence-corrected chi connectivity index (χ2v) is 7.30. The molecule has 0 aromatic rings. The highest BCUT2D eigenvalue weighted by Gasteiger charge is 2.35. The Morgan fingerprint density at radius 1 is 1.21 bits per heavy atom. The standard InChI is InChI=1S/C16H32N4O4/c1-7-8-9-11(10-20(24)15(17)23)13(21)18-12(16(2,3)4)14(22)19(5)6/h11-12,24H,7-10H2,1-6H3,(H2,17,23)(H,18,21)/t11-,12-/m1/s1. The number of nitrogens with zero attached hydrogens (tertiary/aromatic N) is 2. The molecular formula is C16H32N4O4. The van der Waals surface area contributed by atoms with Gasteiger partial charge in [0.15, 0.2) is 0 Å². The van der Waals surface area contributed by atoms with Crippen molar-refractivity contribution >= 4 is 17.8 Å². The van der Waals surface area contributed by atoms with Gasteiger partial charge in [-0.2, -0.15) is 0 Å². The third-order valence-corrected chi connectivity index (χ3v) is 3.76. The van der Waals surface area contributed by atoms with Gasteiger partial charge in [-0.15, -0.1) is 0 Å². The average molecular weight is 344 g/mol. The molecule has 0 aliphatic heterocycles. The number of urea groups is 1. The van der Waals surface area contributed by atoms with Crippen molar-refractivity contribution < 1.29 is 19.6 Å². The lowest BCUT2D eigenvalue weighted by molar-refractivity contribution is -0.140. The highest BCUT2D eigenvalue weighted by molar-refractivity contribution is 5.89. The van der Waals surface area contributed by atoms with Crippen LogP contribution in [0.1, 0.15) is 47.0 Å². The fraction of sp³-hybridized carbons (Fsp3) is 0.812. The summed E-state index contributed by atoms with van der Waals surface area (Å²) in [7, 11) is 3.26. The zero-order valence-corrected chi connectivity index (χ0v) is 15.6. The zero-order chi connectivity index (χ0) is 19.1. The number of likely N-dealkylation sites (N-methyl/N-ethyl adjacent to an activating group) is 1. The molecule has 0 saturated carbocycles. The van der Waals surface area contributed by atoms with E-state index in [1.807, 2.05) is 27.7 Å². The molecule has 4 amide bonds. The summed E-state index contributed by atoms with van der Waals surface area (Å²) in [6, 6.07) is -1.72. The quantitative estimate of drug-likeness (QED) is 0.453. The number of hydrogen-bond acceptors (Lipinski definition) is 4. The number of primary amides is 1. The van der Waals surface area contributed by atoms with E-state index in [9.17, 15) is 19.6 Å². The smallest absolute Gasteiger partial charge is 0.338 e. The Labute approximate surface area is 144 Å². The number of carbonyl (C=O) groups is 3. The highest BCUT2D eigenvalue weighted by Crippen LogP contribution is 2.22. The number of nitrogens with one attached hydrogen (secondary N) is 1. The molecule has 0 spiro atoms. The molecule has 2 atom stereocenters. The fourth-order valence-electron chi connectivity index (χ4n) is 2.22. The van der Waals surface area contributed by atoms with Gasteiger partial charge in [0.25, 0.3) is 0 Å². The summed E-state index contributed by atoms with van der Waals surface area (Å²) in [5.41, 5.74) is 4.54. The zero-order valence-electron chi connectivity index (χ0n) is 15.6. The Morgan fingerprint density at radius 3 is 2.12 bits per heavy atom. The number of hydroxylamine groups is 2. The summed E-state index contributed by atoms with van der Waals surface area (Å²) in [4.78, 5) is 37.4. The molecule has 0 fully saturated rings. The molecular weight excluding hydrogens is 312 g/mol. The van der Waals surface area contributed by atoms with Crippen LogP contribution in [0.4, 0.5) is 4.79 Å². The van der Waals surface area contributed by atoms with Crippen LogP contribution >= 0.6 is 0 Å². The van der Waals surface area contributed by atoms with Crippen molar-refractivity contribution in [2.45, 2.75) is 53.0 Å². The van der Waals surface area contributed by atoms with Gasteiger partial charge in [-0.3, -0.25) is 14.8 Å². The molecule has 0 bridgehead atoms. The maximum atomic E-state index is 12.6. The van der Waals surface area contributed by atoms with E-state index in [0.717, 1.165) is 12.8 Å². The molecule has 140 valence electrons. The molecule has 0 aromatic carbocycles. The van der Waals surface area contributed by atoms with Crippen molar-refractivity contribution in [2.75, 3.05) is 20.6 Å². The van der Waals surface area contributed by atoms with Gasteiger partial charge in [-0.25, -0.2) is 9.86 Å². The Hall–Kier alpha value is -1.83. The lowest BCUT2D eigenvalue weighted by Gasteiger charge is -2.33. The minimum Gasteiger partial charge on any atom is -0.350 e. The predicted molar refractivity (Wildman–Crippen MR) is 91.2 cm³/mol. The van der Waals surface area contributed by atoms with Crippen LogP contribution in [0, 0.1) is 11.3 Å². The van der Waals surface area contributed by atoms with Crippen molar-refractivity contribution in [2.24, 2.45) is 17.1 Å². The Balaban J connectivity index is 5.22. The van der Waals surface area contributed by atoms with E-state index in [1.165, 1.54) is 4.90 Å². The number of nitrogens with two attached hydrogens (primary N) is 1. The van der Waals surface area contributed by atoms with Gasteiger partial charge in [0, 0.05) is 14.1 Å². The molecule has 0 aliphatic carbocycles. The summed E-state index contributed by atoms with van der Waals surface area (Å²) in [5.74, 6) is -1.22. The number of rotatable bonds is 8. The molecule has 0 aromatic heterocycles. The summed E-state index contributed by atoms with van der Waals surface area (Å²) < 4.78 is 0. The molecule has 8 nitrogen and oxygen atoms in total. The maximum absolute atomic E-state index is 12.6. The van der Waals surface area contributed by atoms with E-state index < -0.39 is 23.4 Å². The lowest BCUT2D eigenvalue weighted by atomic mass is 9.85. The molecule has 0 unspecified atom stereocenters. The highest BCUT2D eigenvalue weighted by atomic mass is 16.5. The normalized spacial score (nSPS) is 13.8. The molecule has 0 radical (unpaired) electrons. The van der Waals surface area contributed by atoms with Gasteiger partial charge in [-0.1, -0.05) is 40.5 Å². The number of amides is 4. The minimum absolute atomic E-state index is 0.200. The van der Waals surface area contributed by atoms with E-state index in [-0.39, 0.29) is 18.4 Å². The third-order valence-electron chi connectivity index (χ3n) is 3.76. The van der Waals surface area contributed by atoms with Crippen LogP contribution in [-0.2, 0) is 9.59 Å². The topological polar surface area (TPSA) is 116 Å². The van der Waals surface area contributed by atoms with Gasteiger partial charge < -0.3 is 16.0 Å². The number of hydrogen-bond donors (Lipinski definition) is 3. The second-order valence-electron chi connectivity index (χ2n) is 7.30. The SMILES string of the molecule is CCCC[C@H](CN(O)C(N)=O)C(=O)N[C@H](C(=O)N(C)C)C(C)(C)C. The summed E-state index contributed by atoms with van der Waals surface area (Å²) >= 11 is 0. The van der Waals surface area contributed by atoms with Crippen LogP contribution in [0.25, 0.3) is 0 Å². The first-order valence-corrected chi connectivity index (χ1v) is 8.19. The fourth-order valence-corrected chi connectivity index (χ4v) is 2.22. The molecule has 0 aliphatic rings. The van der Waals surface area contributed by atoms with Crippen LogP contribution in [0.15, 0.2) is 0 Å². The first-order chi connectivity index (χ1) is 10.9. The van der Waals surface area contributed by atoms with Gasteiger partial charge in [0.1, 0.15) is 6.04 Å². The van der Waals surface area contributed by atoms with E-state index >= 15 is 0 Å². The van der Waals surface area contributed by atoms with E-state index in [4.69, 9.17) is 5.73 Å². The number of carbonyl (C=O) groups excluding carboxylic acids is 3. The van der Waals surface area contributed by atoms with Crippen molar-refractivity contribution in [1.82, 2.24) is 15.3 Å². The molecule has 24 heavy (non-hydrogen) atoms. The van der Waals surface area contributed by atoms with Crippen LogP contribution in [0.5, 0.6) is 0 Å². The minimum atomic E-state index is -1.01. The van der Waals surface area contributed by atoms with Crippen molar-refractivity contribution in [3.05, 3.63) is 0 Å². The third kappa shape index (κ3) is 7.16. The number of unbranched alkanes of at least 4 members (excludes halogenated alkanes) is 1. The molecule has 0 heterocycles. The first kappa shape index (κ1) is 22.2. The van der Waals surface area contributed by atoms with Gasteiger partial charge >= 0.3 is 6.03 Å². The van der Waals surface area contributed by atoms with Crippen molar-refractivity contribution in [3.8, 4) is 0 Å². The summed E-state index contributed by atoms with van der Waals surface area (Å²) in [6.07, 6.45) is 2.11. The molecule has 0 rings (SSSR count). The van der Waals surface area contributed by atoms with Gasteiger partial charge in [-0.05, 0) is 11.8 Å². The van der Waals surface area contributed by atoms with Crippen molar-refractivity contribution in [3.63, 3.8) is 0 Å². The maximum Gasteiger partial charge on any atom is 0.338 e. The van der Waals surface area contributed by atoms with Gasteiger partial charge in [0.2, 0.25) is 11.8 Å². The molecule has 4 N–H and O–H groups in total. The largest absolute Gasteiger partial charge is 0.350 e. The summed E-state index contributed by atoms with van der Waals surface area (Å²) in [5, 5.41) is 12.6. The summed E-state index contributed by atoms with van der Waals surface area (Å²) in [6.45, 7) is 7.37. The second kappa shape index (κ2) is 9.46. The van der Waals surface area contributed by atoms with Crippen LogP contribution in [-0.4, -0.2) is 59.7 Å². The van der Waals surface area contributed by atoms with Crippen LogP contribution in [0.3, 0.4) is 0 Å². The first-order valence-electron chi connectivity index (χ1n) is 8.19. The Bertz CT molecular complexity index is 446. The lowest BCUT2D eigenvalue weighted by Crippen LogP contribution is -2.55. The van der Waals surface area contributed by atoms with E-state index in [1.54, 1.807) is 14.1 Å². The predicted octanol–water partition coefficient (Wildman–Crippen LogP) is 1.18. The average Bonchev–Trinajstić information content (AvgIpc) is 2.46. The monoisotopic (exact) mass is 344 g/mol. The van der Waals surface area contributed by atoms with Crippen LogP contribution < -0.4 is 11.1 Å². The van der Waals surface area contributed by atoms with E-state index in [2.05, 4.69) is 5.32 Å². The van der Waals surface area contributed by atoms with E-state index in [0.29, 0.717) is 11.5 Å². The van der Waals surface area contributed by atoms with Crippen molar-refractivity contribution in [1.29, 1.82) is 0 Å². The molecule has 0 saturated heterocycles. The van der Waals surface area contributed by atoms with Gasteiger partial charge in [0.05, 0.1) is 12.5 Å². The Kier molecular flexibility index (Phi) is 8.74.